The minimum Gasteiger partial charge on any atom is -0.444 e. The molecule has 5 heteroatoms. The number of hydrogen-bond acceptors (Lipinski definition) is 3. The van der Waals surface area contributed by atoms with E-state index >= 15 is 0 Å². The Kier molecular flexibility index (Phi) is 5.71. The molecule has 1 heterocycles. The maximum Gasteiger partial charge on any atom is 0.407 e. The van der Waals surface area contributed by atoms with Gasteiger partial charge >= 0.3 is 6.09 Å². The Morgan fingerprint density at radius 3 is 2.83 bits per heavy atom. The number of hydrogen-bond donors (Lipinski definition) is 1. The molecule has 0 saturated heterocycles. The van der Waals surface area contributed by atoms with Crippen molar-refractivity contribution in [3.05, 3.63) is 18.2 Å². The molecule has 2 rings (SSSR count). The first-order valence-corrected chi connectivity index (χ1v) is 8.75. The van der Waals surface area contributed by atoms with Gasteiger partial charge in [-0.1, -0.05) is 26.7 Å². The summed E-state index contributed by atoms with van der Waals surface area (Å²) in [6, 6.07) is 0.526. The summed E-state index contributed by atoms with van der Waals surface area (Å²) in [5.74, 6) is 1.42. The molecule has 3 atom stereocenters. The molecule has 0 radical (unpaired) electrons. The zero-order chi connectivity index (χ0) is 17.0. The van der Waals surface area contributed by atoms with Crippen molar-refractivity contribution in [1.82, 2.24) is 14.9 Å². The van der Waals surface area contributed by atoms with E-state index in [-0.39, 0.29) is 6.09 Å². The fraction of sp³-hybridized carbons (Fsp3) is 0.778. The molecule has 3 unspecified atom stereocenters. The molecule has 1 aliphatic carbocycles. The Morgan fingerprint density at radius 1 is 1.39 bits per heavy atom. The highest BCUT2D eigenvalue weighted by atomic mass is 16.6. The van der Waals surface area contributed by atoms with Crippen LogP contribution in [0.2, 0.25) is 0 Å². The van der Waals surface area contributed by atoms with Crippen molar-refractivity contribution in [1.29, 1.82) is 0 Å². The third kappa shape index (κ3) is 4.98. The second kappa shape index (κ2) is 7.37. The average molecular weight is 321 g/mol. The Balaban J connectivity index is 1.90. The number of carbonyl (C=O) groups excluding carboxylic acids is 1. The minimum atomic E-state index is -0.459. The highest BCUT2D eigenvalue weighted by molar-refractivity contribution is 5.67. The molecule has 1 amide bonds. The van der Waals surface area contributed by atoms with E-state index in [0.29, 0.717) is 18.5 Å². The highest BCUT2D eigenvalue weighted by Gasteiger charge is 2.29. The second-order valence-corrected chi connectivity index (χ2v) is 7.81. The van der Waals surface area contributed by atoms with Gasteiger partial charge in [0.05, 0.1) is 6.33 Å². The first-order valence-electron chi connectivity index (χ1n) is 8.75. The summed E-state index contributed by atoms with van der Waals surface area (Å²) in [5, 5.41) is 2.83. The topological polar surface area (TPSA) is 56.2 Å². The number of carbonyl (C=O) groups is 1. The first kappa shape index (κ1) is 17.8. The SMILES string of the molecule is CC1CCCC(n2cncc2CCNC(=O)OC(C)(C)C)C1C. The molecule has 1 saturated carbocycles. The lowest BCUT2D eigenvalue weighted by molar-refractivity contribution is 0.0528. The summed E-state index contributed by atoms with van der Waals surface area (Å²) in [6.07, 6.45) is 8.10. The first-order chi connectivity index (χ1) is 10.8. The molecule has 0 bridgehead atoms. The summed E-state index contributed by atoms with van der Waals surface area (Å²) in [5.41, 5.74) is 0.728. The highest BCUT2D eigenvalue weighted by Crippen LogP contribution is 2.38. The van der Waals surface area contributed by atoms with Gasteiger partial charge in [0.25, 0.3) is 0 Å². The van der Waals surface area contributed by atoms with Crippen LogP contribution in [0.25, 0.3) is 0 Å². The van der Waals surface area contributed by atoms with Gasteiger partial charge in [0, 0.05) is 30.9 Å². The smallest absolute Gasteiger partial charge is 0.407 e. The number of aromatic nitrogens is 2. The lowest BCUT2D eigenvalue weighted by atomic mass is 9.78. The number of nitrogens with one attached hydrogen (secondary N) is 1. The lowest BCUT2D eigenvalue weighted by Gasteiger charge is -2.35. The van der Waals surface area contributed by atoms with Crippen LogP contribution in [0.1, 0.15) is 65.6 Å². The average Bonchev–Trinajstić information content (AvgIpc) is 2.88. The summed E-state index contributed by atoms with van der Waals surface area (Å²) in [7, 11) is 0. The summed E-state index contributed by atoms with van der Waals surface area (Å²) in [6.45, 7) is 10.9. The van der Waals surface area contributed by atoms with Gasteiger partial charge in [0.1, 0.15) is 5.60 Å². The number of imidazole rings is 1. The van der Waals surface area contributed by atoms with E-state index in [4.69, 9.17) is 4.74 Å². The molecule has 1 N–H and O–H groups in total. The van der Waals surface area contributed by atoms with E-state index in [1.54, 1.807) is 0 Å². The van der Waals surface area contributed by atoms with Gasteiger partial charge in [-0.15, -0.1) is 0 Å². The van der Waals surface area contributed by atoms with E-state index in [1.165, 1.54) is 25.0 Å². The van der Waals surface area contributed by atoms with Crippen LogP contribution in [0.15, 0.2) is 12.5 Å². The third-order valence-corrected chi connectivity index (χ3v) is 4.82. The monoisotopic (exact) mass is 321 g/mol. The zero-order valence-corrected chi connectivity index (χ0v) is 15.1. The molecule has 0 aromatic carbocycles. The number of ether oxygens (including phenoxy) is 1. The molecule has 1 aliphatic rings. The Hall–Kier alpha value is -1.52. The van der Waals surface area contributed by atoms with Gasteiger partial charge < -0.3 is 14.6 Å². The maximum atomic E-state index is 11.7. The van der Waals surface area contributed by atoms with Crippen LogP contribution >= 0.6 is 0 Å². The van der Waals surface area contributed by atoms with Crippen molar-refractivity contribution in [3.8, 4) is 0 Å². The Morgan fingerprint density at radius 2 is 2.13 bits per heavy atom. The van der Waals surface area contributed by atoms with Crippen LogP contribution < -0.4 is 5.32 Å². The molecular formula is C18H31N3O2. The molecule has 5 nitrogen and oxygen atoms in total. The maximum absolute atomic E-state index is 11.7. The van der Waals surface area contributed by atoms with Crippen LogP contribution in [0.3, 0.4) is 0 Å². The number of alkyl carbamates (subject to hydrolysis) is 1. The third-order valence-electron chi connectivity index (χ3n) is 4.82. The van der Waals surface area contributed by atoms with Crippen LogP contribution in [0, 0.1) is 11.8 Å². The minimum absolute atomic E-state index is 0.358. The van der Waals surface area contributed by atoms with Crippen molar-refractivity contribution >= 4 is 6.09 Å². The summed E-state index contributed by atoms with van der Waals surface area (Å²) >= 11 is 0. The fourth-order valence-corrected chi connectivity index (χ4v) is 3.38. The van der Waals surface area contributed by atoms with E-state index < -0.39 is 5.60 Å². The number of nitrogens with zero attached hydrogens (tertiary/aromatic N) is 2. The molecule has 130 valence electrons. The van der Waals surface area contributed by atoms with Gasteiger partial charge in [-0.25, -0.2) is 9.78 Å². The van der Waals surface area contributed by atoms with E-state index in [0.717, 1.165) is 12.3 Å². The van der Waals surface area contributed by atoms with Crippen molar-refractivity contribution in [2.45, 2.75) is 71.9 Å². The van der Waals surface area contributed by atoms with E-state index in [9.17, 15) is 4.79 Å². The van der Waals surface area contributed by atoms with Gasteiger partial charge in [-0.3, -0.25) is 0 Å². The van der Waals surface area contributed by atoms with Crippen LogP contribution in [-0.2, 0) is 11.2 Å². The van der Waals surface area contributed by atoms with Crippen LogP contribution in [0.5, 0.6) is 0 Å². The zero-order valence-electron chi connectivity index (χ0n) is 15.1. The molecule has 0 aliphatic heterocycles. The van der Waals surface area contributed by atoms with Gasteiger partial charge in [-0.2, -0.15) is 0 Å². The van der Waals surface area contributed by atoms with E-state index in [1.807, 2.05) is 33.3 Å². The predicted octanol–water partition coefficient (Wildman–Crippen LogP) is 3.95. The molecule has 23 heavy (non-hydrogen) atoms. The van der Waals surface area contributed by atoms with Crippen molar-refractivity contribution < 1.29 is 9.53 Å². The molecule has 1 fully saturated rings. The Bertz CT molecular complexity index is 519. The summed E-state index contributed by atoms with van der Waals surface area (Å²) < 4.78 is 7.58. The van der Waals surface area contributed by atoms with Gasteiger partial charge in [0.15, 0.2) is 0 Å². The van der Waals surface area contributed by atoms with Gasteiger partial charge in [0.2, 0.25) is 0 Å². The fourth-order valence-electron chi connectivity index (χ4n) is 3.38. The molecule has 1 aromatic heterocycles. The largest absolute Gasteiger partial charge is 0.444 e. The Labute approximate surface area is 139 Å². The molecular weight excluding hydrogens is 290 g/mol. The van der Waals surface area contributed by atoms with Crippen molar-refractivity contribution in [3.63, 3.8) is 0 Å². The van der Waals surface area contributed by atoms with Crippen molar-refractivity contribution in [2.24, 2.45) is 11.8 Å². The van der Waals surface area contributed by atoms with Crippen LogP contribution in [-0.4, -0.2) is 27.8 Å². The summed E-state index contributed by atoms with van der Waals surface area (Å²) in [4.78, 5) is 16.0. The van der Waals surface area contributed by atoms with Crippen molar-refractivity contribution in [2.75, 3.05) is 6.54 Å². The molecule has 0 spiro atoms. The molecule has 1 aromatic rings. The number of rotatable bonds is 4. The standard InChI is InChI=1S/C18H31N3O2/c1-13-7-6-8-16(14(13)2)21-12-19-11-15(21)9-10-20-17(22)23-18(3,4)5/h11-14,16H,6-10H2,1-5H3,(H,20,22). The lowest BCUT2D eigenvalue weighted by Crippen LogP contribution is -2.34. The quantitative estimate of drug-likeness (QED) is 0.913. The van der Waals surface area contributed by atoms with E-state index in [2.05, 4.69) is 28.7 Å². The van der Waals surface area contributed by atoms with Gasteiger partial charge in [-0.05, 0) is 39.0 Å². The normalized spacial score (nSPS) is 25.2. The predicted molar refractivity (Wildman–Crippen MR) is 91.4 cm³/mol. The number of amides is 1. The van der Waals surface area contributed by atoms with Crippen LogP contribution in [0.4, 0.5) is 4.79 Å². The second-order valence-electron chi connectivity index (χ2n) is 7.81.